The third-order valence-electron chi connectivity index (χ3n) is 6.31. The van der Waals surface area contributed by atoms with Crippen LogP contribution in [0.15, 0.2) is 35.4 Å². The van der Waals surface area contributed by atoms with Gasteiger partial charge >= 0.3 is 0 Å². The molecule has 2 atom stereocenters. The quantitative estimate of drug-likeness (QED) is 0.454. The van der Waals surface area contributed by atoms with Crippen LogP contribution in [0.25, 0.3) is 11.0 Å². The number of fused-ring (bicyclic) bond motifs is 2. The first-order valence-electron chi connectivity index (χ1n) is 11.5. The van der Waals surface area contributed by atoms with Crippen molar-refractivity contribution in [2.24, 2.45) is 0 Å². The molecule has 10 heteroatoms. The van der Waals surface area contributed by atoms with Gasteiger partial charge in [0, 0.05) is 43.0 Å². The highest BCUT2D eigenvalue weighted by Gasteiger charge is 2.22. The number of thioether (sulfide) groups is 1. The molecule has 1 saturated heterocycles. The number of aromatic nitrogens is 3. The van der Waals surface area contributed by atoms with Gasteiger partial charge in [-0.3, -0.25) is 9.78 Å². The van der Waals surface area contributed by atoms with Crippen LogP contribution >= 0.6 is 23.4 Å². The van der Waals surface area contributed by atoms with Gasteiger partial charge in [-0.05, 0) is 43.9 Å². The van der Waals surface area contributed by atoms with Crippen molar-refractivity contribution in [3.05, 3.63) is 46.7 Å². The average molecular weight is 499 g/mol. The van der Waals surface area contributed by atoms with Crippen LogP contribution in [0.1, 0.15) is 30.5 Å². The number of hydrogen-bond acceptors (Lipinski definition) is 8. The van der Waals surface area contributed by atoms with Gasteiger partial charge in [-0.2, -0.15) is 0 Å². The lowest BCUT2D eigenvalue weighted by atomic mass is 9.95. The molecule has 8 nitrogen and oxygen atoms in total. The number of halogens is 1. The van der Waals surface area contributed by atoms with Crippen molar-refractivity contribution < 1.29 is 9.53 Å². The summed E-state index contributed by atoms with van der Waals surface area (Å²) in [4.78, 5) is 26.2. The fraction of sp³-hybridized carbons (Fsp3) is 0.417. The van der Waals surface area contributed by atoms with E-state index in [1.165, 1.54) is 11.8 Å². The molecule has 0 bridgehead atoms. The van der Waals surface area contributed by atoms with Gasteiger partial charge in [0.25, 0.3) is 0 Å². The van der Waals surface area contributed by atoms with Crippen LogP contribution in [0, 0.1) is 0 Å². The zero-order valence-electron chi connectivity index (χ0n) is 18.9. The highest BCUT2D eigenvalue weighted by atomic mass is 35.5. The molecule has 5 rings (SSSR count). The Hall–Kier alpha value is -2.46. The number of hydrogen-bond donors (Lipinski definition) is 3. The van der Waals surface area contributed by atoms with Crippen molar-refractivity contribution in [3.8, 4) is 5.88 Å². The summed E-state index contributed by atoms with van der Waals surface area (Å²) in [5, 5.41) is 10.8. The highest BCUT2D eigenvalue weighted by molar-refractivity contribution is 8.00. The summed E-state index contributed by atoms with van der Waals surface area (Å²) in [6.07, 6.45) is 5.69. The molecular formula is C24H27ClN6O2S. The van der Waals surface area contributed by atoms with Crippen LogP contribution in [-0.2, 0) is 17.8 Å². The summed E-state index contributed by atoms with van der Waals surface area (Å²) in [6.45, 7) is 1.58. The molecule has 3 aromatic rings. The minimum atomic E-state index is 0.00796. The normalized spacial score (nSPS) is 20.1. The maximum Gasteiger partial charge on any atom is 0.235 e. The van der Waals surface area contributed by atoms with E-state index < -0.39 is 0 Å². The third-order valence-corrected chi connectivity index (χ3v) is 7.68. The fourth-order valence-electron chi connectivity index (χ4n) is 4.44. The lowest BCUT2D eigenvalue weighted by Gasteiger charge is -2.31. The molecule has 3 aromatic heterocycles. The van der Waals surface area contributed by atoms with E-state index in [4.69, 9.17) is 16.3 Å². The summed E-state index contributed by atoms with van der Waals surface area (Å²) in [6, 6.07) is 8.61. The van der Waals surface area contributed by atoms with E-state index in [0.717, 1.165) is 59.4 Å². The topological polar surface area (TPSA) is 101 Å². The summed E-state index contributed by atoms with van der Waals surface area (Å²) >= 11 is 8.02. The molecule has 0 aliphatic carbocycles. The van der Waals surface area contributed by atoms with Gasteiger partial charge in [-0.15, -0.1) is 11.8 Å². The smallest absolute Gasteiger partial charge is 0.235 e. The molecule has 5 heterocycles. The maximum absolute atomic E-state index is 11.6. The zero-order valence-corrected chi connectivity index (χ0v) is 20.5. The molecule has 178 valence electrons. The van der Waals surface area contributed by atoms with Gasteiger partial charge in [-0.25, -0.2) is 9.97 Å². The first-order chi connectivity index (χ1) is 16.6. The fourth-order valence-corrected chi connectivity index (χ4v) is 5.42. The third kappa shape index (κ3) is 5.27. The van der Waals surface area contributed by atoms with Gasteiger partial charge in [-0.1, -0.05) is 11.6 Å². The lowest BCUT2D eigenvalue weighted by molar-refractivity contribution is -0.113. The lowest BCUT2D eigenvalue weighted by Crippen LogP contribution is -2.47. The Kier molecular flexibility index (Phi) is 7.15. The van der Waals surface area contributed by atoms with Gasteiger partial charge in [0.1, 0.15) is 5.82 Å². The van der Waals surface area contributed by atoms with Crippen LogP contribution < -0.4 is 20.7 Å². The first-order valence-corrected chi connectivity index (χ1v) is 12.8. The van der Waals surface area contributed by atoms with Crippen molar-refractivity contribution >= 4 is 46.1 Å². The van der Waals surface area contributed by atoms with Crippen LogP contribution in [0.4, 0.5) is 5.82 Å². The second-order valence-corrected chi connectivity index (χ2v) is 10.0. The van der Waals surface area contributed by atoms with Crippen molar-refractivity contribution in [3.63, 3.8) is 0 Å². The molecule has 34 heavy (non-hydrogen) atoms. The molecule has 0 radical (unpaired) electrons. The Balaban J connectivity index is 1.13. The number of ether oxygens (including phenoxy) is 1. The Bertz CT molecular complexity index is 1200. The monoisotopic (exact) mass is 498 g/mol. The average Bonchev–Trinajstić information content (AvgIpc) is 2.87. The Labute approximate surface area is 207 Å². The number of pyridine rings is 3. The van der Waals surface area contributed by atoms with Crippen LogP contribution in [0.2, 0.25) is 5.02 Å². The number of piperidine rings is 1. The van der Waals surface area contributed by atoms with Gasteiger partial charge in [0.05, 0.1) is 39.5 Å². The molecule has 1 fully saturated rings. The van der Waals surface area contributed by atoms with Crippen molar-refractivity contribution in [2.45, 2.75) is 49.2 Å². The largest absolute Gasteiger partial charge is 0.481 e. The summed E-state index contributed by atoms with van der Waals surface area (Å²) in [5.41, 5.74) is 3.60. The van der Waals surface area contributed by atoms with E-state index in [-0.39, 0.29) is 5.91 Å². The molecule has 2 aliphatic rings. The zero-order chi connectivity index (χ0) is 23.5. The summed E-state index contributed by atoms with van der Waals surface area (Å²) < 4.78 is 5.29. The number of aryl methyl sites for hydroxylation is 1. The van der Waals surface area contributed by atoms with Gasteiger partial charge < -0.3 is 20.7 Å². The van der Waals surface area contributed by atoms with Crippen LogP contribution in [-0.4, -0.2) is 52.4 Å². The molecule has 2 aliphatic heterocycles. The first kappa shape index (κ1) is 23.3. The number of methoxy groups -OCH3 is 1. The number of nitrogens with zero attached hydrogens (tertiary/aromatic N) is 3. The molecule has 0 saturated carbocycles. The number of nitrogens with one attached hydrogen (secondary N) is 3. The second kappa shape index (κ2) is 10.4. The van der Waals surface area contributed by atoms with Crippen molar-refractivity contribution in [1.82, 2.24) is 25.6 Å². The Morgan fingerprint density at radius 1 is 1.24 bits per heavy atom. The van der Waals surface area contributed by atoms with Crippen LogP contribution in [0.5, 0.6) is 5.88 Å². The van der Waals surface area contributed by atoms with E-state index in [1.807, 2.05) is 24.3 Å². The minimum absolute atomic E-state index is 0.00796. The van der Waals surface area contributed by atoms with E-state index >= 15 is 0 Å². The molecule has 3 N–H and O–H groups in total. The van der Waals surface area contributed by atoms with E-state index in [9.17, 15) is 4.79 Å². The van der Waals surface area contributed by atoms with E-state index in [1.54, 1.807) is 13.3 Å². The molecular weight excluding hydrogens is 472 g/mol. The SMILES string of the molecule is COc1ccc2ncc(Cl)c(CC[C@H]3CC[C@H](NCc4ccc5c(n4)NC(=O)CS5)CN3)c2n1. The second-order valence-electron chi connectivity index (χ2n) is 8.59. The highest BCUT2D eigenvalue weighted by Crippen LogP contribution is 2.30. The van der Waals surface area contributed by atoms with Crippen LogP contribution in [0.3, 0.4) is 0 Å². The number of rotatable bonds is 7. The van der Waals surface area contributed by atoms with Crippen molar-refractivity contribution in [1.29, 1.82) is 0 Å². The maximum atomic E-state index is 11.6. The predicted octanol–water partition coefficient (Wildman–Crippen LogP) is 3.57. The predicted molar refractivity (Wildman–Crippen MR) is 135 cm³/mol. The number of anilines is 1. The van der Waals surface area contributed by atoms with E-state index in [0.29, 0.717) is 41.1 Å². The van der Waals surface area contributed by atoms with Crippen molar-refractivity contribution in [2.75, 3.05) is 24.7 Å². The van der Waals surface area contributed by atoms with E-state index in [2.05, 4.69) is 30.9 Å². The molecule has 0 aromatic carbocycles. The molecule has 1 amide bonds. The van der Waals surface area contributed by atoms with Gasteiger partial charge in [0.15, 0.2) is 0 Å². The van der Waals surface area contributed by atoms with Gasteiger partial charge in [0.2, 0.25) is 11.8 Å². The molecule has 0 unspecified atom stereocenters. The minimum Gasteiger partial charge on any atom is -0.481 e. The standard InChI is InChI=1S/C24H27ClN6O2S/c1-33-22-9-7-19-23(31-22)17(18(25)12-28-19)6-4-14-2-3-15(10-26-14)27-11-16-5-8-20-24(29-16)30-21(32)13-34-20/h5,7-9,12,14-15,26-27H,2-4,6,10-11,13H2,1H3,(H,29,30,32)/t14-,15+/m1/s1. The summed E-state index contributed by atoms with van der Waals surface area (Å²) in [7, 11) is 1.61. The number of amides is 1. The number of carbonyl (C=O) groups is 1. The Morgan fingerprint density at radius 3 is 2.97 bits per heavy atom. The molecule has 0 spiro atoms. The number of carbonyl (C=O) groups excluding carboxylic acids is 1. The Morgan fingerprint density at radius 2 is 2.15 bits per heavy atom. The summed E-state index contributed by atoms with van der Waals surface area (Å²) in [5.74, 6) is 1.71.